The molecule has 0 atom stereocenters. The van der Waals surface area contributed by atoms with Crippen LogP contribution in [-0.4, -0.2) is 12.8 Å². The Hall–Kier alpha value is -0.830. The molecule has 0 saturated heterocycles. The maximum absolute atomic E-state index is 4.78. The van der Waals surface area contributed by atoms with Gasteiger partial charge in [-0.1, -0.05) is 5.16 Å². The van der Waals surface area contributed by atoms with Crippen molar-refractivity contribution in [1.82, 2.24) is 0 Å². The minimum atomic E-state index is 0.626. The fourth-order valence-electron chi connectivity index (χ4n) is 0.521. The highest BCUT2D eigenvalue weighted by atomic mass is 32.1. The van der Waals surface area contributed by atoms with Crippen LogP contribution in [0.3, 0.4) is 0 Å². The topological polar surface area (TPSA) is 21.6 Å². The fraction of sp³-hybridized carbons (Fsp3) is 0.286. The Morgan fingerprint density at radius 2 is 2.70 bits per heavy atom. The second-order valence-electron chi connectivity index (χ2n) is 1.71. The van der Waals surface area contributed by atoms with E-state index in [1.54, 1.807) is 17.6 Å². The van der Waals surface area contributed by atoms with Crippen LogP contribution in [0.5, 0.6) is 0 Å². The molecule has 0 spiro atoms. The van der Waals surface area contributed by atoms with Crippen LogP contribution in [0.25, 0.3) is 0 Å². The van der Waals surface area contributed by atoms with Crippen molar-refractivity contribution in [3.05, 3.63) is 22.4 Å². The van der Waals surface area contributed by atoms with Gasteiger partial charge in [-0.25, -0.2) is 0 Å². The summed E-state index contributed by atoms with van der Waals surface area (Å²) in [6, 6.07) is 1.99. The van der Waals surface area contributed by atoms with Crippen LogP contribution in [0.2, 0.25) is 0 Å². The lowest BCUT2D eigenvalue weighted by Crippen LogP contribution is -1.80. The number of thiophene rings is 1. The van der Waals surface area contributed by atoms with Crippen molar-refractivity contribution >= 4 is 17.6 Å². The Morgan fingerprint density at radius 3 is 3.30 bits per heavy atom. The summed E-state index contributed by atoms with van der Waals surface area (Å²) in [6.07, 6.45) is 1.71. The maximum atomic E-state index is 4.78. The Morgan fingerprint density at radius 1 is 1.80 bits per heavy atom. The number of nitrogens with zero attached hydrogens (tertiary/aromatic N) is 1. The van der Waals surface area contributed by atoms with Gasteiger partial charge in [0.15, 0.2) is 0 Å². The molecule has 0 aromatic carbocycles. The van der Waals surface area contributed by atoms with Gasteiger partial charge in [0.25, 0.3) is 0 Å². The van der Waals surface area contributed by atoms with Gasteiger partial charge in [-0.15, -0.1) is 0 Å². The molecule has 3 heteroatoms. The van der Waals surface area contributed by atoms with Gasteiger partial charge >= 0.3 is 0 Å². The summed E-state index contributed by atoms with van der Waals surface area (Å²) >= 11 is 1.65. The second kappa shape index (κ2) is 4.06. The van der Waals surface area contributed by atoms with E-state index in [9.17, 15) is 0 Å². The Labute approximate surface area is 64.1 Å². The summed E-state index contributed by atoms with van der Waals surface area (Å²) < 4.78 is 0. The molecule has 0 amide bonds. The van der Waals surface area contributed by atoms with Gasteiger partial charge in [-0.05, 0) is 23.8 Å². The maximum Gasteiger partial charge on any atom is 0.114 e. The van der Waals surface area contributed by atoms with Gasteiger partial charge in [0.1, 0.15) is 6.61 Å². The smallest absolute Gasteiger partial charge is 0.114 e. The SMILES string of the molecule is CCO/N=C/c1ccsc1. The lowest BCUT2D eigenvalue weighted by atomic mass is 10.4. The number of hydrogen-bond acceptors (Lipinski definition) is 3. The highest BCUT2D eigenvalue weighted by Crippen LogP contribution is 2.02. The molecule has 1 heterocycles. The summed E-state index contributed by atoms with van der Waals surface area (Å²) in [5, 5.41) is 7.74. The molecule has 0 N–H and O–H groups in total. The van der Waals surface area contributed by atoms with Crippen molar-refractivity contribution in [2.45, 2.75) is 6.92 Å². The molecule has 0 bridgehead atoms. The summed E-state index contributed by atoms with van der Waals surface area (Å²) in [5.74, 6) is 0. The minimum absolute atomic E-state index is 0.626. The van der Waals surface area contributed by atoms with Crippen molar-refractivity contribution in [3.63, 3.8) is 0 Å². The van der Waals surface area contributed by atoms with Crippen molar-refractivity contribution in [3.8, 4) is 0 Å². The summed E-state index contributed by atoms with van der Waals surface area (Å²) in [7, 11) is 0. The fourth-order valence-corrected chi connectivity index (χ4v) is 1.13. The molecule has 0 saturated carbocycles. The largest absolute Gasteiger partial charge is 0.396 e. The molecule has 0 radical (unpaired) electrons. The Balaban J connectivity index is 2.40. The van der Waals surface area contributed by atoms with E-state index < -0.39 is 0 Å². The lowest BCUT2D eigenvalue weighted by molar-refractivity contribution is 0.160. The molecule has 0 aliphatic carbocycles. The van der Waals surface area contributed by atoms with E-state index in [0.717, 1.165) is 5.56 Å². The van der Waals surface area contributed by atoms with Crippen LogP contribution < -0.4 is 0 Å². The molecule has 10 heavy (non-hydrogen) atoms. The van der Waals surface area contributed by atoms with Crippen molar-refractivity contribution < 1.29 is 4.84 Å². The van der Waals surface area contributed by atoms with Crippen molar-refractivity contribution in [1.29, 1.82) is 0 Å². The van der Waals surface area contributed by atoms with Crippen LogP contribution >= 0.6 is 11.3 Å². The Bertz CT molecular complexity index is 193. The van der Waals surface area contributed by atoms with Gasteiger partial charge in [0, 0.05) is 5.56 Å². The van der Waals surface area contributed by atoms with E-state index in [-0.39, 0.29) is 0 Å². The number of rotatable bonds is 3. The zero-order valence-electron chi connectivity index (χ0n) is 5.78. The summed E-state index contributed by atoms with van der Waals surface area (Å²) in [4.78, 5) is 4.78. The molecule has 0 fully saturated rings. The van der Waals surface area contributed by atoms with E-state index in [1.165, 1.54) is 0 Å². The van der Waals surface area contributed by atoms with E-state index in [1.807, 2.05) is 23.8 Å². The average Bonchev–Trinajstić information content (AvgIpc) is 2.41. The lowest BCUT2D eigenvalue weighted by Gasteiger charge is -1.87. The molecular weight excluding hydrogens is 146 g/mol. The standard InChI is InChI=1S/C7H9NOS/c1-2-9-8-5-7-3-4-10-6-7/h3-6H,2H2,1H3/b8-5+. The van der Waals surface area contributed by atoms with Gasteiger partial charge in [-0.3, -0.25) is 0 Å². The van der Waals surface area contributed by atoms with E-state index in [4.69, 9.17) is 4.84 Å². The number of oxime groups is 1. The third kappa shape index (κ3) is 2.19. The van der Waals surface area contributed by atoms with Gasteiger partial charge in [0.05, 0.1) is 6.21 Å². The number of hydrogen-bond donors (Lipinski definition) is 0. The molecule has 0 aliphatic rings. The van der Waals surface area contributed by atoms with Gasteiger partial charge in [-0.2, -0.15) is 11.3 Å². The third-order valence-electron chi connectivity index (χ3n) is 0.949. The average molecular weight is 155 g/mol. The van der Waals surface area contributed by atoms with Gasteiger partial charge < -0.3 is 4.84 Å². The van der Waals surface area contributed by atoms with Crippen molar-refractivity contribution in [2.24, 2.45) is 5.16 Å². The summed E-state index contributed by atoms with van der Waals surface area (Å²) in [6.45, 7) is 2.53. The minimum Gasteiger partial charge on any atom is -0.396 e. The summed E-state index contributed by atoms with van der Waals surface area (Å²) in [5.41, 5.74) is 1.10. The zero-order valence-corrected chi connectivity index (χ0v) is 6.60. The van der Waals surface area contributed by atoms with E-state index in [2.05, 4.69) is 5.16 Å². The predicted octanol–water partition coefficient (Wildman–Crippen LogP) is 2.12. The second-order valence-corrected chi connectivity index (χ2v) is 2.49. The highest BCUT2D eigenvalue weighted by molar-refractivity contribution is 7.08. The van der Waals surface area contributed by atoms with Crippen molar-refractivity contribution in [2.75, 3.05) is 6.61 Å². The zero-order chi connectivity index (χ0) is 7.23. The van der Waals surface area contributed by atoms with Crippen LogP contribution in [0, 0.1) is 0 Å². The van der Waals surface area contributed by atoms with Crippen LogP contribution in [0.15, 0.2) is 22.0 Å². The predicted molar refractivity (Wildman–Crippen MR) is 43.5 cm³/mol. The molecular formula is C7H9NOS. The normalized spacial score (nSPS) is 10.5. The first-order valence-corrected chi connectivity index (χ1v) is 4.05. The highest BCUT2D eigenvalue weighted by Gasteiger charge is 1.83. The molecule has 1 aromatic rings. The van der Waals surface area contributed by atoms with Gasteiger partial charge in [0.2, 0.25) is 0 Å². The van der Waals surface area contributed by atoms with Crippen LogP contribution in [0.4, 0.5) is 0 Å². The molecule has 1 aromatic heterocycles. The first-order chi connectivity index (χ1) is 4.93. The Kier molecular flexibility index (Phi) is 2.96. The molecule has 0 aliphatic heterocycles. The monoisotopic (exact) mass is 155 g/mol. The van der Waals surface area contributed by atoms with Crippen LogP contribution in [0.1, 0.15) is 12.5 Å². The molecule has 54 valence electrons. The first-order valence-electron chi connectivity index (χ1n) is 3.11. The first kappa shape index (κ1) is 7.28. The van der Waals surface area contributed by atoms with E-state index in [0.29, 0.717) is 6.61 Å². The molecule has 2 nitrogen and oxygen atoms in total. The molecule has 0 unspecified atom stereocenters. The third-order valence-corrected chi connectivity index (χ3v) is 1.65. The molecule has 1 rings (SSSR count). The quantitative estimate of drug-likeness (QED) is 0.484. The van der Waals surface area contributed by atoms with E-state index >= 15 is 0 Å². The van der Waals surface area contributed by atoms with Crippen LogP contribution in [-0.2, 0) is 4.84 Å².